The first kappa shape index (κ1) is 11.2. The van der Waals surface area contributed by atoms with Crippen molar-refractivity contribution < 1.29 is 4.39 Å². The van der Waals surface area contributed by atoms with Gasteiger partial charge in [-0.25, -0.2) is 4.39 Å². The van der Waals surface area contributed by atoms with Crippen LogP contribution in [0.4, 0.5) is 4.39 Å². The van der Waals surface area contributed by atoms with Crippen molar-refractivity contribution in [3.05, 3.63) is 34.1 Å². The molecule has 0 heterocycles. The van der Waals surface area contributed by atoms with Crippen molar-refractivity contribution in [2.24, 2.45) is 0 Å². The van der Waals surface area contributed by atoms with Gasteiger partial charge in [0.1, 0.15) is 5.82 Å². The molecule has 1 N–H and O–H groups in total. The molecular weight excluding hydrogens is 245 g/mol. The van der Waals surface area contributed by atoms with E-state index in [2.05, 4.69) is 27.2 Å². The van der Waals surface area contributed by atoms with Crippen molar-refractivity contribution >= 4 is 15.9 Å². The third-order valence-electron chi connectivity index (χ3n) is 1.78. The zero-order valence-corrected chi connectivity index (χ0v) is 9.27. The molecule has 74 valence electrons. The lowest BCUT2D eigenvalue weighted by atomic mass is 10.2. The SMILES string of the molecule is C#CCCNCc1ccc(Br)cc1F. The lowest BCUT2D eigenvalue weighted by Crippen LogP contribution is -2.15. The van der Waals surface area contributed by atoms with Gasteiger partial charge in [0.05, 0.1) is 0 Å². The van der Waals surface area contributed by atoms with E-state index in [-0.39, 0.29) is 5.82 Å². The summed E-state index contributed by atoms with van der Waals surface area (Å²) in [6.45, 7) is 1.23. The van der Waals surface area contributed by atoms with Crippen LogP contribution in [0.3, 0.4) is 0 Å². The van der Waals surface area contributed by atoms with Gasteiger partial charge in [-0.1, -0.05) is 22.0 Å². The van der Waals surface area contributed by atoms with Crippen LogP contribution in [0.1, 0.15) is 12.0 Å². The fraction of sp³-hybridized carbons (Fsp3) is 0.273. The lowest BCUT2D eigenvalue weighted by Gasteiger charge is -2.04. The maximum atomic E-state index is 13.2. The topological polar surface area (TPSA) is 12.0 Å². The minimum Gasteiger partial charge on any atom is -0.312 e. The van der Waals surface area contributed by atoms with Gasteiger partial charge in [0.25, 0.3) is 0 Å². The predicted octanol–water partition coefficient (Wildman–Crippen LogP) is 2.70. The Morgan fingerprint density at radius 3 is 2.93 bits per heavy atom. The first-order chi connectivity index (χ1) is 6.74. The fourth-order valence-electron chi connectivity index (χ4n) is 1.05. The molecule has 0 aliphatic rings. The molecule has 0 atom stereocenters. The van der Waals surface area contributed by atoms with Crippen LogP contribution in [0, 0.1) is 18.2 Å². The molecular formula is C11H11BrFN. The molecule has 0 fully saturated rings. The van der Waals surface area contributed by atoms with Gasteiger partial charge in [-0.2, -0.15) is 0 Å². The van der Waals surface area contributed by atoms with Crippen LogP contribution < -0.4 is 5.32 Å². The summed E-state index contributed by atoms with van der Waals surface area (Å²) >= 11 is 3.20. The monoisotopic (exact) mass is 255 g/mol. The van der Waals surface area contributed by atoms with Crippen LogP contribution in [0.2, 0.25) is 0 Å². The highest BCUT2D eigenvalue weighted by Gasteiger charge is 2.01. The van der Waals surface area contributed by atoms with E-state index in [1.54, 1.807) is 6.07 Å². The maximum absolute atomic E-state index is 13.2. The maximum Gasteiger partial charge on any atom is 0.128 e. The Hall–Kier alpha value is -0.850. The average molecular weight is 256 g/mol. The molecule has 0 spiro atoms. The Bertz CT molecular complexity index is 344. The molecule has 0 saturated carbocycles. The quantitative estimate of drug-likeness (QED) is 0.645. The second-order valence-corrected chi connectivity index (χ2v) is 3.78. The van der Waals surface area contributed by atoms with Gasteiger partial charge in [-0.15, -0.1) is 12.3 Å². The van der Waals surface area contributed by atoms with Gasteiger partial charge in [-0.3, -0.25) is 0 Å². The summed E-state index contributed by atoms with van der Waals surface area (Å²) in [6.07, 6.45) is 5.75. The number of hydrogen-bond acceptors (Lipinski definition) is 1. The third-order valence-corrected chi connectivity index (χ3v) is 2.27. The molecule has 0 unspecified atom stereocenters. The second kappa shape index (κ2) is 5.79. The molecule has 1 rings (SSSR count). The molecule has 0 radical (unpaired) electrons. The highest BCUT2D eigenvalue weighted by molar-refractivity contribution is 9.10. The summed E-state index contributed by atoms with van der Waals surface area (Å²) in [5.74, 6) is 2.31. The Morgan fingerprint density at radius 2 is 2.29 bits per heavy atom. The first-order valence-corrected chi connectivity index (χ1v) is 5.11. The van der Waals surface area contributed by atoms with Crippen LogP contribution in [0.15, 0.2) is 22.7 Å². The molecule has 3 heteroatoms. The smallest absolute Gasteiger partial charge is 0.128 e. The molecule has 1 aromatic rings. The molecule has 1 nitrogen and oxygen atoms in total. The summed E-state index contributed by atoms with van der Waals surface area (Å²) < 4.78 is 14.0. The Labute approximate surface area is 91.8 Å². The minimum absolute atomic E-state index is 0.201. The van der Waals surface area contributed by atoms with Crippen molar-refractivity contribution in [1.29, 1.82) is 0 Å². The van der Waals surface area contributed by atoms with Crippen LogP contribution in [-0.4, -0.2) is 6.54 Å². The molecule has 0 aromatic heterocycles. The number of terminal acetylenes is 1. The number of hydrogen-bond donors (Lipinski definition) is 1. The summed E-state index contributed by atoms with van der Waals surface area (Å²) in [7, 11) is 0. The zero-order valence-electron chi connectivity index (χ0n) is 7.69. The highest BCUT2D eigenvalue weighted by Crippen LogP contribution is 2.14. The normalized spacial score (nSPS) is 9.79. The van der Waals surface area contributed by atoms with Crippen LogP contribution in [0.25, 0.3) is 0 Å². The van der Waals surface area contributed by atoms with E-state index in [0.717, 1.165) is 4.47 Å². The van der Waals surface area contributed by atoms with E-state index < -0.39 is 0 Å². The van der Waals surface area contributed by atoms with E-state index in [1.165, 1.54) is 6.07 Å². The number of nitrogens with one attached hydrogen (secondary N) is 1. The molecule has 0 saturated heterocycles. The van der Waals surface area contributed by atoms with Crippen LogP contribution in [0.5, 0.6) is 0 Å². The van der Waals surface area contributed by atoms with Crippen molar-refractivity contribution in [3.8, 4) is 12.3 Å². The molecule has 0 aliphatic heterocycles. The molecule has 0 amide bonds. The highest BCUT2D eigenvalue weighted by atomic mass is 79.9. The van der Waals surface area contributed by atoms with Gasteiger partial charge in [0.15, 0.2) is 0 Å². The molecule has 0 bridgehead atoms. The summed E-state index contributed by atoms with van der Waals surface area (Å²) in [5.41, 5.74) is 0.658. The standard InChI is InChI=1S/C11H11BrFN/c1-2-3-6-14-8-9-4-5-10(12)7-11(9)13/h1,4-5,7,14H,3,6,8H2. The van der Waals surface area contributed by atoms with Gasteiger partial charge in [0, 0.05) is 29.5 Å². The zero-order chi connectivity index (χ0) is 10.4. The molecule has 14 heavy (non-hydrogen) atoms. The van der Waals surface area contributed by atoms with Gasteiger partial charge >= 0.3 is 0 Å². The molecule has 1 aromatic carbocycles. The van der Waals surface area contributed by atoms with Crippen LogP contribution >= 0.6 is 15.9 Å². The van der Waals surface area contributed by atoms with Crippen molar-refractivity contribution in [2.45, 2.75) is 13.0 Å². The number of rotatable bonds is 4. The Balaban J connectivity index is 2.47. The van der Waals surface area contributed by atoms with E-state index in [9.17, 15) is 4.39 Å². The first-order valence-electron chi connectivity index (χ1n) is 4.32. The number of benzene rings is 1. The average Bonchev–Trinajstić information content (AvgIpc) is 2.15. The molecule has 0 aliphatic carbocycles. The van der Waals surface area contributed by atoms with Crippen molar-refractivity contribution in [3.63, 3.8) is 0 Å². The van der Waals surface area contributed by atoms with Gasteiger partial charge in [-0.05, 0) is 12.1 Å². The second-order valence-electron chi connectivity index (χ2n) is 2.87. The van der Waals surface area contributed by atoms with E-state index in [1.807, 2.05) is 6.07 Å². The van der Waals surface area contributed by atoms with Gasteiger partial charge in [0.2, 0.25) is 0 Å². The van der Waals surface area contributed by atoms with Crippen molar-refractivity contribution in [2.75, 3.05) is 6.54 Å². The van der Waals surface area contributed by atoms with E-state index in [4.69, 9.17) is 6.42 Å². The number of halogens is 2. The van der Waals surface area contributed by atoms with E-state index in [0.29, 0.717) is 25.1 Å². The fourth-order valence-corrected chi connectivity index (χ4v) is 1.38. The van der Waals surface area contributed by atoms with E-state index >= 15 is 0 Å². The summed E-state index contributed by atoms with van der Waals surface area (Å²) in [6, 6.07) is 5.03. The largest absolute Gasteiger partial charge is 0.312 e. The van der Waals surface area contributed by atoms with Crippen molar-refractivity contribution in [1.82, 2.24) is 5.32 Å². The lowest BCUT2D eigenvalue weighted by molar-refractivity contribution is 0.589. The summed E-state index contributed by atoms with van der Waals surface area (Å²) in [5, 5.41) is 3.07. The summed E-state index contributed by atoms with van der Waals surface area (Å²) in [4.78, 5) is 0. The van der Waals surface area contributed by atoms with Gasteiger partial charge < -0.3 is 5.32 Å². The van der Waals surface area contributed by atoms with Crippen LogP contribution in [-0.2, 0) is 6.54 Å². The minimum atomic E-state index is -0.201. The Kier molecular flexibility index (Phi) is 4.64. The predicted molar refractivity (Wildman–Crippen MR) is 59.3 cm³/mol. The third kappa shape index (κ3) is 3.49. The Morgan fingerprint density at radius 1 is 1.50 bits per heavy atom.